The Labute approximate surface area is 117 Å². The molecule has 2 N–H and O–H groups in total. The summed E-state index contributed by atoms with van der Waals surface area (Å²) in [6, 6.07) is 4.25. The van der Waals surface area contributed by atoms with Gasteiger partial charge in [-0.25, -0.2) is 4.79 Å². The van der Waals surface area contributed by atoms with Gasteiger partial charge in [-0.3, -0.25) is 4.79 Å². The predicted molar refractivity (Wildman–Crippen MR) is 73.3 cm³/mol. The lowest BCUT2D eigenvalue weighted by molar-refractivity contribution is -0.127. The van der Waals surface area contributed by atoms with Gasteiger partial charge in [-0.05, 0) is 31.5 Å². The smallest absolute Gasteiger partial charge is 0.335 e. The van der Waals surface area contributed by atoms with Gasteiger partial charge in [-0.15, -0.1) is 0 Å². The van der Waals surface area contributed by atoms with Crippen LogP contribution in [0.3, 0.4) is 0 Å². The summed E-state index contributed by atoms with van der Waals surface area (Å²) < 4.78 is 10.6. The van der Waals surface area contributed by atoms with Gasteiger partial charge < -0.3 is 19.9 Å². The minimum atomic E-state index is -1.07. The summed E-state index contributed by atoms with van der Waals surface area (Å²) in [7, 11) is 1.45. The molecule has 110 valence electrons. The second-order valence-corrected chi connectivity index (χ2v) is 4.22. The van der Waals surface area contributed by atoms with Gasteiger partial charge in [-0.1, -0.05) is 6.92 Å². The summed E-state index contributed by atoms with van der Waals surface area (Å²) in [6.07, 6.45) is 0.0931. The summed E-state index contributed by atoms with van der Waals surface area (Å²) in [4.78, 5) is 22.7. The molecule has 0 fully saturated rings. The van der Waals surface area contributed by atoms with Gasteiger partial charge in [0.1, 0.15) is 0 Å². The number of amides is 1. The van der Waals surface area contributed by atoms with E-state index in [0.717, 1.165) is 6.42 Å². The van der Waals surface area contributed by atoms with Crippen molar-refractivity contribution in [2.24, 2.45) is 0 Å². The number of nitrogens with one attached hydrogen (secondary N) is 1. The van der Waals surface area contributed by atoms with Crippen LogP contribution in [-0.2, 0) is 4.79 Å². The fourth-order valence-corrected chi connectivity index (χ4v) is 1.54. The Morgan fingerprint density at radius 3 is 2.60 bits per heavy atom. The molecule has 1 amide bonds. The van der Waals surface area contributed by atoms with Gasteiger partial charge in [-0.2, -0.15) is 0 Å². The van der Waals surface area contributed by atoms with E-state index in [9.17, 15) is 9.59 Å². The molecule has 6 heteroatoms. The zero-order chi connectivity index (χ0) is 15.1. The average molecular weight is 281 g/mol. The van der Waals surface area contributed by atoms with Gasteiger partial charge >= 0.3 is 5.97 Å². The fourth-order valence-electron chi connectivity index (χ4n) is 1.54. The summed E-state index contributed by atoms with van der Waals surface area (Å²) in [5.74, 6) is -0.716. The minimum absolute atomic E-state index is 0.0713. The number of carboxylic acids is 1. The van der Waals surface area contributed by atoms with Gasteiger partial charge in [0.25, 0.3) is 5.91 Å². The molecule has 1 rings (SSSR count). The molecule has 0 bridgehead atoms. The van der Waals surface area contributed by atoms with E-state index >= 15 is 0 Å². The van der Waals surface area contributed by atoms with E-state index in [0.29, 0.717) is 12.3 Å². The largest absolute Gasteiger partial charge is 0.493 e. The predicted octanol–water partition coefficient (Wildman–Crippen LogP) is 1.69. The zero-order valence-electron chi connectivity index (χ0n) is 11.8. The van der Waals surface area contributed by atoms with Crippen molar-refractivity contribution in [1.29, 1.82) is 0 Å². The van der Waals surface area contributed by atoms with Crippen LogP contribution >= 0.6 is 0 Å². The second-order valence-electron chi connectivity index (χ2n) is 4.22. The van der Waals surface area contributed by atoms with E-state index in [1.165, 1.54) is 25.3 Å². The van der Waals surface area contributed by atoms with Crippen molar-refractivity contribution in [2.45, 2.75) is 26.4 Å². The number of carbonyl (C=O) groups is 2. The van der Waals surface area contributed by atoms with Crippen molar-refractivity contribution < 1.29 is 24.2 Å². The number of aromatic carboxylic acids is 1. The Kier molecular flexibility index (Phi) is 5.83. The first-order valence-electron chi connectivity index (χ1n) is 6.35. The average Bonchev–Trinajstić information content (AvgIpc) is 2.44. The van der Waals surface area contributed by atoms with E-state index in [-0.39, 0.29) is 17.2 Å². The summed E-state index contributed by atoms with van der Waals surface area (Å²) >= 11 is 0. The Balaban J connectivity index is 2.86. The quantitative estimate of drug-likeness (QED) is 0.794. The Hall–Kier alpha value is -2.24. The number of ether oxygens (including phenoxy) is 2. The molecule has 6 nitrogen and oxygen atoms in total. The standard InChI is InChI=1S/C14H19NO5/c1-4-7-15-13(16)9(2)20-12-8-10(14(17)18)5-6-11(12)19-3/h5-6,8-9H,4,7H2,1-3H3,(H,15,16)(H,17,18). The van der Waals surface area contributed by atoms with Crippen LogP contribution in [0.2, 0.25) is 0 Å². The topological polar surface area (TPSA) is 84.9 Å². The molecule has 0 heterocycles. The molecule has 1 unspecified atom stereocenters. The van der Waals surface area contributed by atoms with Crippen LogP contribution in [0.5, 0.6) is 11.5 Å². The van der Waals surface area contributed by atoms with Gasteiger partial charge in [0.15, 0.2) is 17.6 Å². The van der Waals surface area contributed by atoms with E-state index in [1.807, 2.05) is 6.92 Å². The molecule has 0 aliphatic heterocycles. The molecule has 1 aromatic carbocycles. The lowest BCUT2D eigenvalue weighted by atomic mass is 10.2. The third-order valence-electron chi connectivity index (χ3n) is 2.63. The van der Waals surface area contributed by atoms with E-state index in [1.54, 1.807) is 6.92 Å². The third-order valence-corrected chi connectivity index (χ3v) is 2.63. The molecule has 0 saturated carbocycles. The molecule has 20 heavy (non-hydrogen) atoms. The van der Waals surface area contributed by atoms with Crippen LogP contribution in [-0.4, -0.2) is 36.7 Å². The molecular weight excluding hydrogens is 262 g/mol. The number of rotatable bonds is 7. The summed E-state index contributed by atoms with van der Waals surface area (Å²) in [6.45, 7) is 4.11. The molecule has 0 saturated heterocycles. The first kappa shape index (κ1) is 15.8. The number of carbonyl (C=O) groups excluding carboxylic acids is 1. The van der Waals surface area contributed by atoms with Crippen molar-refractivity contribution in [3.05, 3.63) is 23.8 Å². The van der Waals surface area contributed by atoms with Crippen LogP contribution in [0.15, 0.2) is 18.2 Å². The molecular formula is C14H19NO5. The molecule has 1 atom stereocenters. The molecule has 0 aliphatic carbocycles. The molecule has 0 aromatic heterocycles. The molecule has 1 aromatic rings. The van der Waals surface area contributed by atoms with Crippen molar-refractivity contribution in [3.63, 3.8) is 0 Å². The summed E-state index contributed by atoms with van der Waals surface area (Å²) in [5.41, 5.74) is 0.0713. The van der Waals surface area contributed by atoms with Crippen LogP contribution < -0.4 is 14.8 Å². The minimum Gasteiger partial charge on any atom is -0.493 e. The molecule has 0 spiro atoms. The van der Waals surface area contributed by atoms with Crippen LogP contribution in [0.1, 0.15) is 30.6 Å². The van der Waals surface area contributed by atoms with Crippen molar-refractivity contribution in [2.75, 3.05) is 13.7 Å². The number of hydrogen-bond donors (Lipinski definition) is 2. The van der Waals surface area contributed by atoms with E-state index < -0.39 is 12.1 Å². The van der Waals surface area contributed by atoms with Crippen molar-refractivity contribution in [1.82, 2.24) is 5.32 Å². The maximum atomic E-state index is 11.7. The SMILES string of the molecule is CCCNC(=O)C(C)Oc1cc(C(=O)O)ccc1OC. The van der Waals surface area contributed by atoms with E-state index in [2.05, 4.69) is 5.32 Å². The Morgan fingerprint density at radius 1 is 1.35 bits per heavy atom. The summed E-state index contributed by atoms with van der Waals surface area (Å²) in [5, 5.41) is 11.7. The zero-order valence-corrected chi connectivity index (χ0v) is 11.8. The number of benzene rings is 1. The number of carboxylic acid groups (broad SMARTS) is 1. The Morgan fingerprint density at radius 2 is 2.05 bits per heavy atom. The normalized spacial score (nSPS) is 11.6. The highest BCUT2D eigenvalue weighted by Crippen LogP contribution is 2.29. The third kappa shape index (κ3) is 4.15. The van der Waals surface area contributed by atoms with Crippen molar-refractivity contribution >= 4 is 11.9 Å². The number of hydrogen-bond acceptors (Lipinski definition) is 4. The monoisotopic (exact) mass is 281 g/mol. The van der Waals surface area contributed by atoms with Gasteiger partial charge in [0, 0.05) is 6.54 Å². The Bertz CT molecular complexity index is 486. The van der Waals surface area contributed by atoms with Gasteiger partial charge in [0.2, 0.25) is 0 Å². The number of methoxy groups -OCH3 is 1. The fraction of sp³-hybridized carbons (Fsp3) is 0.429. The van der Waals surface area contributed by atoms with Crippen LogP contribution in [0, 0.1) is 0 Å². The highest BCUT2D eigenvalue weighted by molar-refractivity contribution is 5.88. The van der Waals surface area contributed by atoms with Crippen LogP contribution in [0.25, 0.3) is 0 Å². The van der Waals surface area contributed by atoms with E-state index in [4.69, 9.17) is 14.6 Å². The highest BCUT2D eigenvalue weighted by Gasteiger charge is 2.17. The second kappa shape index (κ2) is 7.37. The maximum Gasteiger partial charge on any atom is 0.335 e. The molecule has 0 radical (unpaired) electrons. The van der Waals surface area contributed by atoms with Gasteiger partial charge in [0.05, 0.1) is 12.7 Å². The first-order chi connectivity index (χ1) is 9.49. The lowest BCUT2D eigenvalue weighted by Crippen LogP contribution is -2.36. The van der Waals surface area contributed by atoms with Crippen molar-refractivity contribution in [3.8, 4) is 11.5 Å². The maximum absolute atomic E-state index is 11.7. The molecule has 0 aliphatic rings. The van der Waals surface area contributed by atoms with Crippen LogP contribution in [0.4, 0.5) is 0 Å². The highest BCUT2D eigenvalue weighted by atomic mass is 16.5. The lowest BCUT2D eigenvalue weighted by Gasteiger charge is -2.17. The first-order valence-corrected chi connectivity index (χ1v) is 6.35.